The Labute approximate surface area is 67.2 Å². The van der Waals surface area contributed by atoms with Crippen LogP contribution in [0.3, 0.4) is 0 Å². The SMILES string of the molecule is C#CCCC(=O)OCC=CC. The van der Waals surface area contributed by atoms with Gasteiger partial charge in [-0.2, -0.15) is 0 Å². The van der Waals surface area contributed by atoms with Crippen molar-refractivity contribution < 1.29 is 9.53 Å². The molecule has 0 aliphatic rings. The lowest BCUT2D eigenvalue weighted by Crippen LogP contribution is -2.03. The maximum absolute atomic E-state index is 10.7. The van der Waals surface area contributed by atoms with Gasteiger partial charge >= 0.3 is 5.97 Å². The zero-order valence-corrected chi connectivity index (χ0v) is 6.67. The van der Waals surface area contributed by atoms with Gasteiger partial charge < -0.3 is 4.74 Å². The molecule has 0 radical (unpaired) electrons. The van der Waals surface area contributed by atoms with Crippen LogP contribution in [0.15, 0.2) is 12.2 Å². The molecule has 0 heterocycles. The van der Waals surface area contributed by atoms with E-state index in [4.69, 9.17) is 11.2 Å². The Morgan fingerprint density at radius 3 is 3.00 bits per heavy atom. The van der Waals surface area contributed by atoms with Crippen molar-refractivity contribution in [3.8, 4) is 12.3 Å². The standard InChI is InChI=1S/C9H12O2/c1-3-5-7-9(10)11-8-6-4-2/h1,4,6H,5,7-8H2,2H3. The molecule has 0 aromatic carbocycles. The Morgan fingerprint density at radius 2 is 2.45 bits per heavy atom. The molecule has 0 saturated heterocycles. The molecule has 0 aliphatic heterocycles. The van der Waals surface area contributed by atoms with Crippen LogP contribution in [0.5, 0.6) is 0 Å². The van der Waals surface area contributed by atoms with Gasteiger partial charge in [-0.15, -0.1) is 12.3 Å². The number of carbonyl (C=O) groups is 1. The largest absolute Gasteiger partial charge is 0.461 e. The molecule has 0 amide bonds. The monoisotopic (exact) mass is 152 g/mol. The number of hydrogen-bond donors (Lipinski definition) is 0. The van der Waals surface area contributed by atoms with E-state index in [9.17, 15) is 4.79 Å². The minimum absolute atomic E-state index is 0.235. The molecule has 2 nitrogen and oxygen atoms in total. The van der Waals surface area contributed by atoms with Crippen LogP contribution in [0, 0.1) is 12.3 Å². The highest BCUT2D eigenvalue weighted by Gasteiger charge is 1.97. The summed E-state index contributed by atoms with van der Waals surface area (Å²) in [5.74, 6) is 2.14. The third-order valence-electron chi connectivity index (χ3n) is 1.05. The van der Waals surface area contributed by atoms with E-state index in [1.165, 1.54) is 0 Å². The van der Waals surface area contributed by atoms with E-state index in [0.717, 1.165) is 0 Å². The second-order valence-corrected chi connectivity index (χ2v) is 1.96. The first-order chi connectivity index (χ1) is 5.31. The number of terminal acetylenes is 1. The summed E-state index contributed by atoms with van der Waals surface area (Å²) in [6.07, 6.45) is 9.33. The van der Waals surface area contributed by atoms with E-state index in [1.807, 2.05) is 13.0 Å². The smallest absolute Gasteiger partial charge is 0.307 e. The van der Waals surface area contributed by atoms with E-state index in [1.54, 1.807) is 6.08 Å². The van der Waals surface area contributed by atoms with Crippen LogP contribution in [0.1, 0.15) is 19.8 Å². The lowest BCUT2D eigenvalue weighted by atomic mass is 10.3. The van der Waals surface area contributed by atoms with E-state index in [-0.39, 0.29) is 5.97 Å². The summed E-state index contributed by atoms with van der Waals surface area (Å²) < 4.78 is 4.76. The van der Waals surface area contributed by atoms with Crippen LogP contribution >= 0.6 is 0 Å². The van der Waals surface area contributed by atoms with Gasteiger partial charge in [-0.25, -0.2) is 0 Å². The number of esters is 1. The average Bonchev–Trinajstić information content (AvgIpc) is 2.01. The highest BCUT2D eigenvalue weighted by atomic mass is 16.5. The molecule has 0 bridgehead atoms. The van der Waals surface area contributed by atoms with Gasteiger partial charge in [-0.3, -0.25) is 4.79 Å². The molecule has 0 atom stereocenters. The molecular formula is C9H12O2. The second-order valence-electron chi connectivity index (χ2n) is 1.96. The summed E-state index contributed by atoms with van der Waals surface area (Å²) in [6.45, 7) is 2.22. The fourth-order valence-electron chi connectivity index (χ4n) is 0.484. The van der Waals surface area contributed by atoms with Crippen molar-refractivity contribution in [1.29, 1.82) is 0 Å². The van der Waals surface area contributed by atoms with Gasteiger partial charge in [0.15, 0.2) is 0 Å². The van der Waals surface area contributed by atoms with E-state index in [2.05, 4.69) is 5.92 Å². The normalized spacial score (nSPS) is 9.45. The van der Waals surface area contributed by atoms with Crippen LogP contribution in [0.25, 0.3) is 0 Å². The predicted octanol–water partition coefficient (Wildman–Crippen LogP) is 1.52. The first-order valence-corrected chi connectivity index (χ1v) is 3.51. The number of carbonyl (C=O) groups excluding carboxylic acids is 1. The summed E-state index contributed by atoms with van der Waals surface area (Å²) >= 11 is 0. The van der Waals surface area contributed by atoms with Crippen LogP contribution < -0.4 is 0 Å². The molecule has 60 valence electrons. The average molecular weight is 152 g/mol. The van der Waals surface area contributed by atoms with E-state index in [0.29, 0.717) is 19.4 Å². The van der Waals surface area contributed by atoms with Gasteiger partial charge in [0.1, 0.15) is 6.61 Å². The Hall–Kier alpha value is -1.23. The maximum atomic E-state index is 10.7. The van der Waals surface area contributed by atoms with Gasteiger partial charge in [0.25, 0.3) is 0 Å². The summed E-state index contributed by atoms with van der Waals surface area (Å²) in [4.78, 5) is 10.7. The maximum Gasteiger partial charge on any atom is 0.307 e. The molecule has 0 N–H and O–H groups in total. The zero-order valence-electron chi connectivity index (χ0n) is 6.67. The molecular weight excluding hydrogens is 140 g/mol. The fraction of sp³-hybridized carbons (Fsp3) is 0.444. The van der Waals surface area contributed by atoms with Crippen molar-refractivity contribution in [3.05, 3.63) is 12.2 Å². The zero-order chi connectivity index (χ0) is 8.53. The minimum atomic E-state index is -0.235. The molecule has 0 saturated carbocycles. The first kappa shape index (κ1) is 9.77. The number of allylic oxidation sites excluding steroid dienone is 1. The number of hydrogen-bond acceptors (Lipinski definition) is 2. The quantitative estimate of drug-likeness (QED) is 0.347. The molecule has 0 aliphatic carbocycles. The fourth-order valence-corrected chi connectivity index (χ4v) is 0.484. The van der Waals surface area contributed by atoms with Gasteiger partial charge in [-0.05, 0) is 6.92 Å². The minimum Gasteiger partial charge on any atom is -0.461 e. The molecule has 0 spiro atoms. The molecule has 0 rings (SSSR count). The predicted molar refractivity (Wildman–Crippen MR) is 43.8 cm³/mol. The van der Waals surface area contributed by atoms with Crippen molar-refractivity contribution in [2.45, 2.75) is 19.8 Å². The van der Waals surface area contributed by atoms with Gasteiger partial charge in [-0.1, -0.05) is 12.2 Å². The Bertz CT molecular complexity index is 174. The van der Waals surface area contributed by atoms with Crippen molar-refractivity contribution in [3.63, 3.8) is 0 Å². The Kier molecular flexibility index (Phi) is 6.11. The third kappa shape index (κ3) is 6.66. The second kappa shape index (κ2) is 6.88. The highest BCUT2D eigenvalue weighted by molar-refractivity contribution is 5.69. The molecule has 0 unspecified atom stereocenters. The number of ether oxygens (including phenoxy) is 1. The van der Waals surface area contributed by atoms with Crippen molar-refractivity contribution >= 4 is 5.97 Å². The summed E-state index contributed by atoms with van der Waals surface area (Å²) in [5.41, 5.74) is 0. The Morgan fingerprint density at radius 1 is 1.73 bits per heavy atom. The molecule has 0 fully saturated rings. The van der Waals surface area contributed by atoms with Crippen LogP contribution in [0.4, 0.5) is 0 Å². The van der Waals surface area contributed by atoms with Gasteiger partial charge in [0.05, 0.1) is 6.42 Å². The van der Waals surface area contributed by atoms with Crippen LogP contribution in [-0.2, 0) is 9.53 Å². The summed E-state index contributed by atoms with van der Waals surface area (Å²) in [7, 11) is 0. The van der Waals surface area contributed by atoms with Crippen LogP contribution in [-0.4, -0.2) is 12.6 Å². The highest BCUT2D eigenvalue weighted by Crippen LogP contribution is 1.90. The lowest BCUT2D eigenvalue weighted by Gasteiger charge is -1.97. The first-order valence-electron chi connectivity index (χ1n) is 3.51. The van der Waals surface area contributed by atoms with Crippen LogP contribution in [0.2, 0.25) is 0 Å². The molecule has 0 aromatic heterocycles. The lowest BCUT2D eigenvalue weighted by molar-refractivity contribution is -0.142. The molecule has 11 heavy (non-hydrogen) atoms. The van der Waals surface area contributed by atoms with Gasteiger partial charge in [0.2, 0.25) is 0 Å². The Balaban J connectivity index is 3.31. The summed E-state index contributed by atoms with van der Waals surface area (Å²) in [5, 5.41) is 0. The third-order valence-corrected chi connectivity index (χ3v) is 1.05. The van der Waals surface area contributed by atoms with E-state index < -0.39 is 0 Å². The van der Waals surface area contributed by atoms with E-state index >= 15 is 0 Å². The summed E-state index contributed by atoms with van der Waals surface area (Å²) in [6, 6.07) is 0. The van der Waals surface area contributed by atoms with Crippen molar-refractivity contribution in [2.24, 2.45) is 0 Å². The topological polar surface area (TPSA) is 26.3 Å². The molecule has 2 heteroatoms. The van der Waals surface area contributed by atoms with Crippen molar-refractivity contribution in [2.75, 3.05) is 6.61 Å². The molecule has 0 aromatic rings. The van der Waals surface area contributed by atoms with Crippen molar-refractivity contribution in [1.82, 2.24) is 0 Å². The van der Waals surface area contributed by atoms with Gasteiger partial charge in [0, 0.05) is 6.42 Å². The number of rotatable bonds is 4.